The predicted octanol–water partition coefficient (Wildman–Crippen LogP) is 5.41. The van der Waals surface area contributed by atoms with Crippen molar-refractivity contribution in [3.63, 3.8) is 0 Å². The van der Waals surface area contributed by atoms with Gasteiger partial charge in [-0.15, -0.1) is 11.6 Å². The van der Waals surface area contributed by atoms with Crippen LogP contribution >= 0.6 is 11.6 Å². The summed E-state index contributed by atoms with van der Waals surface area (Å²) in [5.74, 6) is 0.460. The lowest BCUT2D eigenvalue weighted by atomic mass is 9.49. The number of nitrogens with zero attached hydrogens (tertiary/aromatic N) is 2. The third kappa shape index (κ3) is 3.23. The molecule has 4 aliphatic carbocycles. The van der Waals surface area contributed by atoms with Gasteiger partial charge in [-0.1, -0.05) is 0 Å². The Hall–Kier alpha value is -2.02. The Balaban J connectivity index is 1.46. The molecule has 0 spiro atoms. The average molecular weight is 424 g/mol. The van der Waals surface area contributed by atoms with E-state index in [1.54, 1.807) is 12.3 Å². The van der Waals surface area contributed by atoms with Crippen molar-refractivity contribution in [3.05, 3.63) is 42.2 Å². The molecule has 1 amide bonds. The van der Waals surface area contributed by atoms with E-state index in [0.29, 0.717) is 18.3 Å². The zero-order valence-corrected chi connectivity index (χ0v) is 16.4. The SMILES string of the molecule is O=C(Nc1ccc(-n2cccn2)cc1C(F)(F)F)C12C[C@H]3C[C@@H](CC(Cl)(C3)C1)C2. The van der Waals surface area contributed by atoms with Crippen molar-refractivity contribution in [2.45, 2.75) is 49.6 Å². The summed E-state index contributed by atoms with van der Waals surface area (Å²) in [6, 6.07) is 5.50. The van der Waals surface area contributed by atoms with Crippen LogP contribution in [0.25, 0.3) is 5.69 Å². The highest BCUT2D eigenvalue weighted by Crippen LogP contribution is 2.64. The number of hydrogen-bond donors (Lipinski definition) is 1. The fourth-order valence-electron chi connectivity index (χ4n) is 6.11. The molecule has 0 aliphatic heterocycles. The second-order valence-corrected chi connectivity index (χ2v) is 9.83. The van der Waals surface area contributed by atoms with Crippen LogP contribution < -0.4 is 5.32 Å². The fourth-order valence-corrected chi connectivity index (χ4v) is 6.80. The van der Waals surface area contributed by atoms with E-state index in [1.807, 2.05) is 0 Å². The van der Waals surface area contributed by atoms with E-state index < -0.39 is 17.2 Å². The molecule has 2 aromatic rings. The Labute approximate surface area is 171 Å². The molecule has 4 nitrogen and oxygen atoms in total. The first-order chi connectivity index (χ1) is 13.7. The van der Waals surface area contributed by atoms with Crippen LogP contribution in [-0.2, 0) is 11.0 Å². The van der Waals surface area contributed by atoms with Crippen LogP contribution in [0.2, 0.25) is 0 Å². The largest absolute Gasteiger partial charge is 0.418 e. The zero-order chi connectivity index (χ0) is 20.4. The molecule has 1 heterocycles. The molecule has 154 valence electrons. The van der Waals surface area contributed by atoms with E-state index in [-0.39, 0.29) is 22.2 Å². The topological polar surface area (TPSA) is 46.9 Å². The summed E-state index contributed by atoms with van der Waals surface area (Å²) in [6.45, 7) is 0. The molecule has 4 aliphatic rings. The zero-order valence-electron chi connectivity index (χ0n) is 15.7. The molecule has 2 atom stereocenters. The van der Waals surface area contributed by atoms with E-state index in [9.17, 15) is 18.0 Å². The third-order valence-electron chi connectivity index (χ3n) is 6.80. The first-order valence-electron chi connectivity index (χ1n) is 9.88. The molecule has 1 N–H and O–H groups in total. The van der Waals surface area contributed by atoms with Crippen molar-refractivity contribution in [1.29, 1.82) is 0 Å². The summed E-state index contributed by atoms with van der Waals surface area (Å²) >= 11 is 6.78. The summed E-state index contributed by atoms with van der Waals surface area (Å²) in [4.78, 5) is 12.9. The lowest BCUT2D eigenvalue weighted by molar-refractivity contribution is -0.139. The lowest BCUT2D eigenvalue weighted by Crippen LogP contribution is -2.57. The highest BCUT2D eigenvalue weighted by Gasteiger charge is 2.60. The van der Waals surface area contributed by atoms with Crippen LogP contribution in [0.15, 0.2) is 36.7 Å². The fraction of sp³-hybridized carbons (Fsp3) is 0.524. The van der Waals surface area contributed by atoms with E-state index in [2.05, 4.69) is 10.4 Å². The first kappa shape index (κ1) is 19.0. The Morgan fingerprint density at radius 3 is 2.52 bits per heavy atom. The van der Waals surface area contributed by atoms with Crippen LogP contribution in [0, 0.1) is 17.3 Å². The van der Waals surface area contributed by atoms with Gasteiger partial charge < -0.3 is 5.32 Å². The van der Waals surface area contributed by atoms with Gasteiger partial charge in [0.25, 0.3) is 0 Å². The summed E-state index contributed by atoms with van der Waals surface area (Å²) in [5, 5.41) is 6.60. The smallest absolute Gasteiger partial charge is 0.325 e. The summed E-state index contributed by atoms with van der Waals surface area (Å²) in [5.41, 5.74) is -1.45. The number of benzene rings is 1. The van der Waals surface area contributed by atoms with Crippen LogP contribution in [-0.4, -0.2) is 20.6 Å². The van der Waals surface area contributed by atoms with Gasteiger partial charge in [0.2, 0.25) is 5.91 Å². The average Bonchev–Trinajstić information content (AvgIpc) is 3.13. The van der Waals surface area contributed by atoms with Gasteiger partial charge in [0, 0.05) is 17.3 Å². The number of alkyl halides is 4. The van der Waals surface area contributed by atoms with Gasteiger partial charge in [-0.3, -0.25) is 4.79 Å². The van der Waals surface area contributed by atoms with Crippen molar-refractivity contribution in [2.75, 3.05) is 5.32 Å². The number of anilines is 1. The molecule has 1 aromatic carbocycles. The number of halogens is 4. The number of amides is 1. The minimum atomic E-state index is -4.60. The maximum absolute atomic E-state index is 13.7. The highest BCUT2D eigenvalue weighted by atomic mass is 35.5. The number of hydrogen-bond acceptors (Lipinski definition) is 2. The van der Waals surface area contributed by atoms with Gasteiger partial charge in [-0.05, 0) is 74.6 Å². The molecule has 1 aromatic heterocycles. The van der Waals surface area contributed by atoms with Crippen LogP contribution in [0.4, 0.5) is 18.9 Å². The van der Waals surface area contributed by atoms with Crippen LogP contribution in [0.3, 0.4) is 0 Å². The number of carbonyl (C=O) groups is 1. The van der Waals surface area contributed by atoms with E-state index in [4.69, 9.17) is 11.6 Å². The standard InChI is InChI=1S/C21H21ClF3N3O/c22-20-10-13-6-14(11-20)9-19(8-13,12-20)18(29)27-17-3-2-15(28-5-1-4-26-28)7-16(17)21(23,24)25/h1-5,7,13-14H,6,8-12H2,(H,27,29)/t13-,14-,19?,20?/m1/s1. The number of nitrogens with one attached hydrogen (secondary N) is 1. The first-order valence-corrected chi connectivity index (χ1v) is 10.3. The van der Waals surface area contributed by atoms with Crippen LogP contribution in [0.5, 0.6) is 0 Å². The van der Waals surface area contributed by atoms with Gasteiger partial charge in [0.05, 0.1) is 22.4 Å². The van der Waals surface area contributed by atoms with Gasteiger partial charge in [0.1, 0.15) is 0 Å². The summed E-state index contributed by atoms with van der Waals surface area (Å²) < 4.78 is 42.6. The number of rotatable bonds is 3. The minimum Gasteiger partial charge on any atom is -0.325 e. The molecule has 0 saturated heterocycles. The maximum atomic E-state index is 13.7. The highest BCUT2D eigenvalue weighted by molar-refractivity contribution is 6.24. The van der Waals surface area contributed by atoms with E-state index >= 15 is 0 Å². The van der Waals surface area contributed by atoms with Crippen molar-refractivity contribution < 1.29 is 18.0 Å². The molecule has 6 rings (SSSR count). The minimum absolute atomic E-state index is 0.210. The molecule has 4 saturated carbocycles. The molecule has 0 unspecified atom stereocenters. The molecule has 4 fully saturated rings. The molecule has 8 heteroatoms. The van der Waals surface area contributed by atoms with Crippen molar-refractivity contribution in [2.24, 2.45) is 17.3 Å². The number of aromatic nitrogens is 2. The molecule has 29 heavy (non-hydrogen) atoms. The Bertz CT molecular complexity index is 943. The summed E-state index contributed by atoms with van der Waals surface area (Å²) in [7, 11) is 0. The summed E-state index contributed by atoms with van der Waals surface area (Å²) in [6.07, 6.45) is 3.36. The molecular weight excluding hydrogens is 403 g/mol. The van der Waals surface area contributed by atoms with Crippen molar-refractivity contribution in [3.8, 4) is 5.69 Å². The Morgan fingerprint density at radius 2 is 1.93 bits per heavy atom. The van der Waals surface area contributed by atoms with E-state index in [0.717, 1.165) is 38.2 Å². The maximum Gasteiger partial charge on any atom is 0.418 e. The van der Waals surface area contributed by atoms with E-state index in [1.165, 1.54) is 23.0 Å². The molecule has 4 bridgehead atoms. The van der Waals surface area contributed by atoms with Gasteiger partial charge in [0.15, 0.2) is 0 Å². The van der Waals surface area contributed by atoms with Crippen molar-refractivity contribution in [1.82, 2.24) is 9.78 Å². The lowest BCUT2D eigenvalue weighted by Gasteiger charge is -2.59. The predicted molar refractivity (Wildman–Crippen MR) is 103 cm³/mol. The van der Waals surface area contributed by atoms with Crippen molar-refractivity contribution >= 4 is 23.2 Å². The monoisotopic (exact) mass is 423 g/mol. The molecular formula is C21H21ClF3N3O. The van der Waals surface area contributed by atoms with Gasteiger partial charge in [-0.25, -0.2) is 4.68 Å². The second-order valence-electron chi connectivity index (χ2n) is 9.02. The second kappa shape index (κ2) is 6.24. The van der Waals surface area contributed by atoms with Crippen LogP contribution in [0.1, 0.15) is 44.1 Å². The molecule has 0 radical (unpaired) electrons. The Kier molecular flexibility index (Phi) is 4.08. The van der Waals surface area contributed by atoms with Gasteiger partial charge in [-0.2, -0.15) is 18.3 Å². The quantitative estimate of drug-likeness (QED) is 0.671. The third-order valence-corrected chi connectivity index (χ3v) is 7.24. The Morgan fingerprint density at radius 1 is 1.21 bits per heavy atom. The van der Waals surface area contributed by atoms with Gasteiger partial charge >= 0.3 is 6.18 Å². The number of carbonyl (C=O) groups excluding carboxylic acids is 1. The normalized spacial score (nSPS) is 33.1.